The third-order valence-electron chi connectivity index (χ3n) is 6.11. The summed E-state index contributed by atoms with van der Waals surface area (Å²) in [6.07, 6.45) is 1.77. The van der Waals surface area contributed by atoms with Crippen LogP contribution >= 0.6 is 39.1 Å². The molecule has 2 atom stereocenters. The van der Waals surface area contributed by atoms with E-state index in [9.17, 15) is 4.79 Å². The molecule has 1 aliphatic rings. The van der Waals surface area contributed by atoms with Crippen LogP contribution in [0.15, 0.2) is 88.9 Å². The number of nitrogens with one attached hydrogen (secondary N) is 1. The average Bonchev–Trinajstić information content (AvgIpc) is 3.30. The maximum absolute atomic E-state index is 13.9. The maximum atomic E-state index is 13.9. The molecule has 3 aromatic carbocycles. The molecule has 0 aliphatic carbocycles. The van der Waals surface area contributed by atoms with Crippen LogP contribution in [0.5, 0.6) is 5.75 Å². The highest BCUT2D eigenvalue weighted by Crippen LogP contribution is 2.44. The summed E-state index contributed by atoms with van der Waals surface area (Å²) in [5.41, 5.74) is 1.01. The molecular formula is C29H27BrCl2N2O4. The van der Waals surface area contributed by atoms with Crippen molar-refractivity contribution in [2.75, 3.05) is 13.2 Å². The summed E-state index contributed by atoms with van der Waals surface area (Å²) >= 11 is 15.8. The molecule has 0 spiro atoms. The lowest BCUT2D eigenvalue weighted by molar-refractivity contribution is -0.129. The summed E-state index contributed by atoms with van der Waals surface area (Å²) in [5.74, 6) is 0.710. The lowest BCUT2D eigenvalue weighted by Crippen LogP contribution is -2.47. The van der Waals surface area contributed by atoms with Crippen LogP contribution in [0.4, 0.5) is 0 Å². The highest BCUT2D eigenvalue weighted by Gasteiger charge is 2.52. The Morgan fingerprint density at radius 1 is 1.16 bits per heavy atom. The number of ether oxygens (including phenoxy) is 2. The van der Waals surface area contributed by atoms with E-state index in [1.165, 1.54) is 0 Å². The van der Waals surface area contributed by atoms with Crippen molar-refractivity contribution in [3.63, 3.8) is 0 Å². The smallest absolute Gasteiger partial charge is 0.252 e. The van der Waals surface area contributed by atoms with Gasteiger partial charge in [-0.25, -0.2) is 4.99 Å². The van der Waals surface area contributed by atoms with Crippen molar-refractivity contribution in [2.45, 2.75) is 31.0 Å². The number of aliphatic imine (C=N–C) groups is 1. The van der Waals surface area contributed by atoms with Gasteiger partial charge in [-0.2, -0.15) is 0 Å². The Balaban J connectivity index is 1.67. The maximum Gasteiger partial charge on any atom is 0.252 e. The molecular weight excluding hydrogens is 591 g/mol. The number of carbonyl (C=O) groups is 1. The van der Waals surface area contributed by atoms with E-state index < -0.39 is 11.6 Å². The number of carbonyl (C=O) groups excluding carboxylic acids is 1. The van der Waals surface area contributed by atoms with Crippen molar-refractivity contribution >= 4 is 50.9 Å². The van der Waals surface area contributed by atoms with Gasteiger partial charge in [-0.15, -0.1) is 6.58 Å². The minimum Gasteiger partial charge on any atom is -0.494 e. The normalized spacial score (nSPS) is 18.4. The zero-order valence-electron chi connectivity index (χ0n) is 20.5. The highest BCUT2D eigenvalue weighted by atomic mass is 79.9. The van der Waals surface area contributed by atoms with Crippen molar-refractivity contribution in [1.82, 2.24) is 5.32 Å². The minimum absolute atomic E-state index is 0.0671. The number of aliphatic hydroxyl groups is 1. The summed E-state index contributed by atoms with van der Waals surface area (Å²) in [4.78, 5) is 18.8. The number of hydrogen-bond acceptors (Lipinski definition) is 5. The number of aliphatic hydroxyl groups excluding tert-OH is 1. The van der Waals surface area contributed by atoms with Gasteiger partial charge in [-0.05, 0) is 48.0 Å². The van der Waals surface area contributed by atoms with Crippen molar-refractivity contribution in [3.05, 3.63) is 111 Å². The molecule has 198 valence electrons. The number of benzene rings is 3. The van der Waals surface area contributed by atoms with E-state index in [-0.39, 0.29) is 25.5 Å². The first-order chi connectivity index (χ1) is 18.4. The van der Waals surface area contributed by atoms with Gasteiger partial charge in [0.25, 0.3) is 5.91 Å². The Hall–Kier alpha value is -2.84. The quantitative estimate of drug-likeness (QED) is 0.186. The van der Waals surface area contributed by atoms with E-state index in [2.05, 4.69) is 27.8 Å². The van der Waals surface area contributed by atoms with Crippen molar-refractivity contribution in [1.29, 1.82) is 0 Å². The fourth-order valence-electron chi connectivity index (χ4n) is 4.18. The van der Waals surface area contributed by atoms with Gasteiger partial charge >= 0.3 is 0 Å². The number of halogens is 3. The zero-order chi connectivity index (χ0) is 27.1. The molecule has 38 heavy (non-hydrogen) atoms. The Kier molecular flexibility index (Phi) is 9.49. The molecule has 0 saturated heterocycles. The van der Waals surface area contributed by atoms with Crippen LogP contribution < -0.4 is 10.1 Å². The second-order valence-electron chi connectivity index (χ2n) is 8.73. The van der Waals surface area contributed by atoms with E-state index in [4.69, 9.17) is 42.8 Å². The molecule has 1 heterocycles. The standard InChI is InChI=1S/C29H27BrCl2N2O4/c1-2-14-29(28(36)33-18-19-8-13-24(31)25(32)17-19)26(22-6-3-4-7-23(22)30)38-27(34-29)20-9-11-21(12-10-20)37-16-5-15-35/h2-4,6-13,17,26,35H,1,5,14-16,18H2,(H,33,36)/t26-,29-/m1/s1. The molecule has 1 aliphatic heterocycles. The Labute approximate surface area is 240 Å². The Morgan fingerprint density at radius 2 is 1.92 bits per heavy atom. The summed E-state index contributed by atoms with van der Waals surface area (Å²) in [5, 5.41) is 12.8. The minimum atomic E-state index is -1.30. The largest absolute Gasteiger partial charge is 0.494 e. The average molecular weight is 618 g/mol. The van der Waals surface area contributed by atoms with Gasteiger partial charge in [-0.3, -0.25) is 4.79 Å². The van der Waals surface area contributed by atoms with Gasteiger partial charge in [0.15, 0.2) is 11.6 Å². The van der Waals surface area contributed by atoms with E-state index in [1.54, 1.807) is 18.2 Å². The first-order valence-corrected chi connectivity index (χ1v) is 13.6. The van der Waals surface area contributed by atoms with Crippen LogP contribution in [0.25, 0.3) is 0 Å². The third-order valence-corrected chi connectivity index (χ3v) is 7.57. The van der Waals surface area contributed by atoms with Gasteiger partial charge in [0.2, 0.25) is 5.90 Å². The van der Waals surface area contributed by atoms with Gasteiger partial charge in [-0.1, -0.05) is 69.5 Å². The van der Waals surface area contributed by atoms with Gasteiger partial charge < -0.3 is 19.9 Å². The summed E-state index contributed by atoms with van der Waals surface area (Å²) < 4.78 is 12.9. The Bertz CT molecular complexity index is 1330. The van der Waals surface area contributed by atoms with Crippen LogP contribution in [-0.4, -0.2) is 35.7 Å². The molecule has 0 bridgehead atoms. The topological polar surface area (TPSA) is 80.2 Å². The Morgan fingerprint density at radius 3 is 2.61 bits per heavy atom. The molecule has 0 fully saturated rings. The fourth-order valence-corrected chi connectivity index (χ4v) is 5.00. The van der Waals surface area contributed by atoms with Gasteiger partial charge in [0, 0.05) is 41.6 Å². The lowest BCUT2D eigenvalue weighted by Gasteiger charge is -2.30. The molecule has 0 aromatic heterocycles. The van der Waals surface area contributed by atoms with E-state index in [0.717, 1.165) is 15.6 Å². The lowest BCUT2D eigenvalue weighted by atomic mass is 9.84. The highest BCUT2D eigenvalue weighted by molar-refractivity contribution is 9.10. The van der Waals surface area contributed by atoms with Crippen LogP contribution in [-0.2, 0) is 16.1 Å². The molecule has 6 nitrogen and oxygen atoms in total. The first-order valence-electron chi connectivity index (χ1n) is 12.1. The molecule has 0 saturated carbocycles. The predicted octanol–water partition coefficient (Wildman–Crippen LogP) is 6.67. The number of hydrogen-bond donors (Lipinski definition) is 2. The second kappa shape index (κ2) is 12.8. The summed E-state index contributed by atoms with van der Waals surface area (Å²) in [6, 6.07) is 20.1. The van der Waals surface area contributed by atoms with E-state index in [0.29, 0.717) is 40.3 Å². The second-order valence-corrected chi connectivity index (χ2v) is 10.4. The molecule has 0 unspecified atom stereocenters. The SMILES string of the molecule is C=CC[C@@]1(C(=O)NCc2ccc(Cl)c(Cl)c2)N=C(c2ccc(OCCCO)cc2)O[C@@H]1c1ccccc1Br. The first kappa shape index (κ1) is 28.2. The molecule has 1 amide bonds. The van der Waals surface area contributed by atoms with Crippen molar-refractivity contribution in [2.24, 2.45) is 4.99 Å². The zero-order valence-corrected chi connectivity index (χ0v) is 23.6. The van der Waals surface area contributed by atoms with Crippen LogP contribution in [0, 0.1) is 0 Å². The molecule has 4 rings (SSSR count). The van der Waals surface area contributed by atoms with E-state index in [1.807, 2.05) is 54.6 Å². The molecule has 2 N–H and O–H groups in total. The number of nitrogens with zero attached hydrogens (tertiary/aromatic N) is 1. The van der Waals surface area contributed by atoms with Gasteiger partial charge in [0.1, 0.15) is 5.75 Å². The number of amides is 1. The monoisotopic (exact) mass is 616 g/mol. The van der Waals surface area contributed by atoms with Gasteiger partial charge in [0.05, 0.1) is 16.7 Å². The fraction of sp³-hybridized carbons (Fsp3) is 0.241. The number of rotatable bonds is 11. The third kappa shape index (κ3) is 6.24. The molecule has 9 heteroatoms. The predicted molar refractivity (Wildman–Crippen MR) is 154 cm³/mol. The molecule has 3 aromatic rings. The van der Waals surface area contributed by atoms with E-state index >= 15 is 0 Å². The van der Waals surface area contributed by atoms with Crippen molar-refractivity contribution in [3.8, 4) is 5.75 Å². The summed E-state index contributed by atoms with van der Waals surface area (Å²) in [6.45, 7) is 4.62. The van der Waals surface area contributed by atoms with Crippen LogP contribution in [0.3, 0.4) is 0 Å². The summed E-state index contributed by atoms with van der Waals surface area (Å²) in [7, 11) is 0. The van der Waals surface area contributed by atoms with Crippen LogP contribution in [0.2, 0.25) is 10.0 Å². The molecule has 0 radical (unpaired) electrons. The van der Waals surface area contributed by atoms with Crippen LogP contribution in [0.1, 0.15) is 35.6 Å². The van der Waals surface area contributed by atoms with Crippen molar-refractivity contribution < 1.29 is 19.4 Å².